The second-order valence-corrected chi connectivity index (χ2v) is 14.2. The summed E-state index contributed by atoms with van der Waals surface area (Å²) >= 11 is 3.36. The zero-order chi connectivity index (χ0) is 26.6. The predicted octanol–water partition coefficient (Wildman–Crippen LogP) is 3.81. The molecule has 37 heavy (non-hydrogen) atoms. The fourth-order valence-electron chi connectivity index (χ4n) is 4.76. The van der Waals surface area contributed by atoms with E-state index in [2.05, 4.69) is 21.2 Å². The summed E-state index contributed by atoms with van der Waals surface area (Å²) in [6.45, 7) is 1.46. The molecule has 1 amide bonds. The number of anilines is 1. The van der Waals surface area contributed by atoms with Crippen molar-refractivity contribution in [1.82, 2.24) is 8.61 Å². The number of piperidine rings is 2. The van der Waals surface area contributed by atoms with E-state index >= 15 is 0 Å². The lowest BCUT2D eigenvalue weighted by atomic mass is 9.97. The molecule has 4 rings (SSSR count). The summed E-state index contributed by atoms with van der Waals surface area (Å²) < 4.78 is 61.1. The molecule has 0 spiro atoms. The number of ether oxygens (including phenoxy) is 1. The first-order valence-electron chi connectivity index (χ1n) is 12.3. The summed E-state index contributed by atoms with van der Waals surface area (Å²) in [6, 6.07) is 11.7. The van der Waals surface area contributed by atoms with Crippen LogP contribution in [0.3, 0.4) is 0 Å². The van der Waals surface area contributed by atoms with Gasteiger partial charge in [-0.05, 0) is 61.6 Å². The van der Waals surface area contributed by atoms with Gasteiger partial charge in [0.25, 0.3) is 0 Å². The summed E-state index contributed by atoms with van der Waals surface area (Å²) in [4.78, 5) is 13.2. The molecular formula is C25H32BrN3O6S2. The monoisotopic (exact) mass is 613 g/mol. The molecule has 2 aliphatic rings. The number of carbonyl (C=O) groups is 1. The summed E-state index contributed by atoms with van der Waals surface area (Å²) in [5.41, 5.74) is 0.982. The van der Waals surface area contributed by atoms with Gasteiger partial charge in [-0.3, -0.25) is 4.79 Å². The molecule has 0 aliphatic carbocycles. The second kappa shape index (κ2) is 11.8. The largest absolute Gasteiger partial charge is 0.495 e. The van der Waals surface area contributed by atoms with Crippen LogP contribution >= 0.6 is 15.9 Å². The van der Waals surface area contributed by atoms with Crippen molar-refractivity contribution in [3.05, 3.63) is 52.5 Å². The average Bonchev–Trinajstić information content (AvgIpc) is 2.89. The van der Waals surface area contributed by atoms with E-state index in [0.29, 0.717) is 37.2 Å². The van der Waals surface area contributed by atoms with Crippen LogP contribution < -0.4 is 10.1 Å². The molecule has 2 saturated heterocycles. The predicted molar refractivity (Wildman–Crippen MR) is 145 cm³/mol. The molecule has 202 valence electrons. The van der Waals surface area contributed by atoms with Crippen LogP contribution in [0.25, 0.3) is 0 Å². The van der Waals surface area contributed by atoms with Gasteiger partial charge >= 0.3 is 0 Å². The lowest BCUT2D eigenvalue weighted by molar-refractivity contribution is -0.120. The van der Waals surface area contributed by atoms with Crippen LogP contribution in [-0.2, 0) is 30.6 Å². The van der Waals surface area contributed by atoms with Gasteiger partial charge in [-0.15, -0.1) is 0 Å². The van der Waals surface area contributed by atoms with E-state index in [9.17, 15) is 21.6 Å². The van der Waals surface area contributed by atoms with Crippen molar-refractivity contribution in [2.75, 3.05) is 38.6 Å². The highest BCUT2D eigenvalue weighted by Crippen LogP contribution is 2.31. The van der Waals surface area contributed by atoms with Gasteiger partial charge in [0.15, 0.2) is 0 Å². The molecule has 0 aromatic heterocycles. The third-order valence-corrected chi connectivity index (χ3v) is 11.1. The minimum atomic E-state index is -3.67. The topological polar surface area (TPSA) is 113 Å². The normalized spacial score (nSPS) is 18.4. The number of nitrogens with one attached hydrogen (secondary N) is 1. The molecule has 2 heterocycles. The minimum absolute atomic E-state index is 0.0984. The number of hydrogen-bond donors (Lipinski definition) is 1. The van der Waals surface area contributed by atoms with Crippen LogP contribution in [0, 0.1) is 5.92 Å². The van der Waals surface area contributed by atoms with E-state index in [0.717, 1.165) is 23.7 Å². The van der Waals surface area contributed by atoms with Gasteiger partial charge in [-0.1, -0.05) is 34.5 Å². The molecule has 0 bridgehead atoms. The Morgan fingerprint density at radius 2 is 1.68 bits per heavy atom. The minimum Gasteiger partial charge on any atom is -0.495 e. The van der Waals surface area contributed by atoms with Gasteiger partial charge in [0.05, 0.1) is 23.4 Å². The third kappa shape index (κ3) is 6.72. The molecule has 12 heteroatoms. The summed E-state index contributed by atoms with van der Waals surface area (Å²) in [5, 5.41) is 2.83. The Balaban J connectivity index is 1.41. The molecule has 0 saturated carbocycles. The summed E-state index contributed by atoms with van der Waals surface area (Å²) in [7, 11) is -5.73. The molecule has 2 aliphatic heterocycles. The molecule has 2 fully saturated rings. The maximum atomic E-state index is 13.1. The van der Waals surface area contributed by atoms with Gasteiger partial charge in [0.1, 0.15) is 5.75 Å². The van der Waals surface area contributed by atoms with Crippen molar-refractivity contribution in [3.63, 3.8) is 0 Å². The number of carbonyl (C=O) groups excluding carboxylic acids is 1. The number of benzene rings is 2. The number of rotatable bonds is 8. The van der Waals surface area contributed by atoms with Crippen LogP contribution in [0.4, 0.5) is 5.69 Å². The van der Waals surface area contributed by atoms with Crippen LogP contribution in [0.2, 0.25) is 0 Å². The van der Waals surface area contributed by atoms with Gasteiger partial charge in [0.2, 0.25) is 26.0 Å². The third-order valence-electron chi connectivity index (χ3n) is 6.84. The fourth-order valence-corrected chi connectivity index (χ4v) is 8.30. The van der Waals surface area contributed by atoms with Gasteiger partial charge < -0.3 is 10.1 Å². The second-order valence-electron chi connectivity index (χ2n) is 9.38. The summed E-state index contributed by atoms with van der Waals surface area (Å²) in [6.07, 6.45) is 3.42. The van der Waals surface area contributed by atoms with Crippen molar-refractivity contribution in [2.24, 2.45) is 5.92 Å². The maximum Gasteiger partial charge on any atom is 0.243 e. The number of hydrogen-bond acceptors (Lipinski definition) is 6. The fraction of sp³-hybridized carbons (Fsp3) is 0.480. The highest BCUT2D eigenvalue weighted by atomic mass is 79.9. The highest BCUT2D eigenvalue weighted by molar-refractivity contribution is 9.10. The smallest absolute Gasteiger partial charge is 0.243 e. The lowest BCUT2D eigenvalue weighted by Crippen LogP contribution is -2.41. The average molecular weight is 615 g/mol. The molecule has 0 radical (unpaired) electrons. The zero-order valence-electron chi connectivity index (χ0n) is 20.7. The Morgan fingerprint density at radius 3 is 2.32 bits per heavy atom. The molecular weight excluding hydrogens is 582 g/mol. The van der Waals surface area contributed by atoms with E-state index in [1.807, 2.05) is 6.07 Å². The molecule has 9 nitrogen and oxygen atoms in total. The molecule has 2 aromatic carbocycles. The first-order chi connectivity index (χ1) is 17.6. The van der Waals surface area contributed by atoms with Crippen molar-refractivity contribution < 1.29 is 26.4 Å². The van der Waals surface area contributed by atoms with Gasteiger partial charge in [-0.25, -0.2) is 21.1 Å². The van der Waals surface area contributed by atoms with E-state index in [4.69, 9.17) is 4.74 Å². The number of methoxy groups -OCH3 is 1. The Hall–Kier alpha value is -1.99. The Morgan fingerprint density at radius 1 is 0.973 bits per heavy atom. The van der Waals surface area contributed by atoms with E-state index in [-0.39, 0.29) is 35.3 Å². The van der Waals surface area contributed by atoms with E-state index in [1.165, 1.54) is 27.9 Å². The highest BCUT2D eigenvalue weighted by Gasteiger charge is 2.32. The Bertz CT molecular complexity index is 1340. The number of amides is 1. The van der Waals surface area contributed by atoms with E-state index < -0.39 is 26.0 Å². The first kappa shape index (κ1) is 28.0. The SMILES string of the molecule is COc1ccc(S(=O)(=O)N2CCCCC2)cc1NC(=O)C1CCN(S(=O)(=O)Cc2cccc(Br)c2)CC1. The lowest BCUT2D eigenvalue weighted by Gasteiger charge is -2.30. The Labute approximate surface area is 227 Å². The number of halogens is 1. The van der Waals surface area contributed by atoms with Crippen LogP contribution in [0.15, 0.2) is 51.8 Å². The Kier molecular flexibility index (Phi) is 8.95. The van der Waals surface area contributed by atoms with Gasteiger partial charge in [-0.2, -0.15) is 4.31 Å². The number of nitrogens with zero attached hydrogens (tertiary/aromatic N) is 2. The maximum absolute atomic E-state index is 13.1. The standard InChI is InChI=1S/C25H32BrN3O6S2/c1-35-24-9-8-22(37(33,34)29-12-3-2-4-13-29)17-23(24)27-25(30)20-10-14-28(15-11-20)36(31,32)18-19-6-5-7-21(26)16-19/h5-9,16-17,20H,2-4,10-15,18H2,1H3,(H,27,30). The van der Waals surface area contributed by atoms with Crippen molar-refractivity contribution >= 4 is 47.6 Å². The molecule has 0 unspecified atom stereocenters. The quantitative estimate of drug-likeness (QED) is 0.484. The van der Waals surface area contributed by atoms with Crippen molar-refractivity contribution in [1.29, 1.82) is 0 Å². The first-order valence-corrected chi connectivity index (χ1v) is 16.2. The zero-order valence-corrected chi connectivity index (χ0v) is 23.9. The molecule has 2 aromatic rings. The van der Waals surface area contributed by atoms with Crippen molar-refractivity contribution in [3.8, 4) is 5.75 Å². The summed E-state index contributed by atoms with van der Waals surface area (Å²) in [5.74, 6) is -0.419. The molecule has 1 N–H and O–H groups in total. The van der Waals surface area contributed by atoms with E-state index in [1.54, 1.807) is 24.3 Å². The van der Waals surface area contributed by atoms with Crippen LogP contribution in [-0.4, -0.2) is 64.6 Å². The van der Waals surface area contributed by atoms with Crippen LogP contribution in [0.5, 0.6) is 5.75 Å². The van der Waals surface area contributed by atoms with Gasteiger partial charge in [0, 0.05) is 36.6 Å². The molecule has 0 atom stereocenters. The number of sulfonamides is 2. The van der Waals surface area contributed by atoms with Crippen molar-refractivity contribution in [2.45, 2.75) is 42.8 Å². The van der Waals surface area contributed by atoms with Crippen LogP contribution in [0.1, 0.15) is 37.7 Å².